The van der Waals surface area contributed by atoms with Gasteiger partial charge in [0.05, 0.1) is 0 Å². The van der Waals surface area contributed by atoms with Crippen molar-refractivity contribution in [2.45, 2.75) is 39.2 Å². The SMILES string of the molecule is CCC(C)c1ccc(NC(N)=NCC(=O)N2CCc3ccccc3C2)cc1. The van der Waals surface area contributed by atoms with Gasteiger partial charge in [-0.05, 0) is 47.6 Å². The smallest absolute Gasteiger partial charge is 0.244 e. The second kappa shape index (κ2) is 8.71. The summed E-state index contributed by atoms with van der Waals surface area (Å²) in [6, 6.07) is 16.4. The van der Waals surface area contributed by atoms with Crippen molar-refractivity contribution in [1.82, 2.24) is 4.90 Å². The Morgan fingerprint density at radius 3 is 2.59 bits per heavy atom. The predicted octanol–water partition coefficient (Wildman–Crippen LogP) is 3.51. The van der Waals surface area contributed by atoms with Crippen molar-refractivity contribution < 1.29 is 4.79 Å². The molecule has 1 aliphatic heterocycles. The van der Waals surface area contributed by atoms with Crippen LogP contribution in [0.5, 0.6) is 0 Å². The quantitative estimate of drug-likeness (QED) is 0.630. The van der Waals surface area contributed by atoms with Crippen molar-refractivity contribution in [2.75, 3.05) is 18.4 Å². The zero-order chi connectivity index (χ0) is 19.2. The molecule has 1 unspecified atom stereocenters. The minimum atomic E-state index is 0.00127. The van der Waals surface area contributed by atoms with Crippen LogP contribution in [0.25, 0.3) is 0 Å². The summed E-state index contributed by atoms with van der Waals surface area (Å²) in [5.74, 6) is 0.802. The number of nitrogens with one attached hydrogen (secondary N) is 1. The number of aliphatic imine (C=N–C) groups is 1. The first-order valence-electron chi connectivity index (χ1n) is 9.58. The molecule has 0 saturated heterocycles. The number of rotatable bonds is 5. The molecule has 0 fully saturated rings. The molecule has 1 amide bonds. The topological polar surface area (TPSA) is 70.7 Å². The van der Waals surface area contributed by atoms with Gasteiger partial charge in [-0.25, -0.2) is 4.99 Å². The maximum atomic E-state index is 12.5. The van der Waals surface area contributed by atoms with Gasteiger partial charge in [0.15, 0.2) is 5.96 Å². The summed E-state index contributed by atoms with van der Waals surface area (Å²) in [6.07, 6.45) is 2.00. The molecule has 0 saturated carbocycles. The Morgan fingerprint density at radius 2 is 1.89 bits per heavy atom. The van der Waals surface area contributed by atoms with Crippen LogP contribution in [0.15, 0.2) is 53.5 Å². The highest BCUT2D eigenvalue weighted by molar-refractivity contribution is 5.93. The first-order chi connectivity index (χ1) is 13.1. The van der Waals surface area contributed by atoms with Gasteiger partial charge in [-0.2, -0.15) is 0 Å². The number of carbonyl (C=O) groups excluding carboxylic acids is 1. The van der Waals surface area contributed by atoms with Gasteiger partial charge in [-0.15, -0.1) is 0 Å². The van der Waals surface area contributed by atoms with Crippen LogP contribution in [0.1, 0.15) is 42.9 Å². The molecule has 1 aliphatic rings. The van der Waals surface area contributed by atoms with E-state index in [1.54, 1.807) is 0 Å². The fraction of sp³-hybridized carbons (Fsp3) is 0.364. The number of benzene rings is 2. The van der Waals surface area contributed by atoms with Crippen LogP contribution in [0.2, 0.25) is 0 Å². The third-order valence-corrected chi connectivity index (χ3v) is 5.23. The highest BCUT2D eigenvalue weighted by Crippen LogP contribution is 2.20. The van der Waals surface area contributed by atoms with Gasteiger partial charge >= 0.3 is 0 Å². The Kier molecular flexibility index (Phi) is 6.12. The molecule has 5 nitrogen and oxygen atoms in total. The molecular formula is C22H28N4O. The molecule has 0 aliphatic carbocycles. The van der Waals surface area contributed by atoms with Crippen molar-refractivity contribution in [3.8, 4) is 0 Å². The van der Waals surface area contributed by atoms with Gasteiger partial charge in [0.2, 0.25) is 5.91 Å². The monoisotopic (exact) mass is 364 g/mol. The number of hydrogen-bond acceptors (Lipinski definition) is 2. The lowest BCUT2D eigenvalue weighted by atomic mass is 9.99. The Labute approximate surface area is 161 Å². The van der Waals surface area contributed by atoms with E-state index in [4.69, 9.17) is 5.73 Å². The number of hydrogen-bond donors (Lipinski definition) is 2. The Morgan fingerprint density at radius 1 is 1.19 bits per heavy atom. The summed E-state index contributed by atoms with van der Waals surface area (Å²) in [5.41, 5.74) is 10.7. The van der Waals surface area contributed by atoms with Crippen LogP contribution in [0.4, 0.5) is 5.69 Å². The van der Waals surface area contributed by atoms with Crippen molar-refractivity contribution in [2.24, 2.45) is 10.7 Å². The van der Waals surface area contributed by atoms with Crippen LogP contribution in [0, 0.1) is 0 Å². The van der Waals surface area contributed by atoms with Crippen LogP contribution < -0.4 is 11.1 Å². The summed E-state index contributed by atoms with van der Waals surface area (Å²) in [5, 5.41) is 3.06. The van der Waals surface area contributed by atoms with E-state index in [2.05, 4.69) is 48.4 Å². The minimum Gasteiger partial charge on any atom is -0.370 e. The summed E-state index contributed by atoms with van der Waals surface area (Å²) < 4.78 is 0. The van der Waals surface area contributed by atoms with Gasteiger partial charge in [-0.1, -0.05) is 50.2 Å². The number of fused-ring (bicyclic) bond motifs is 1. The van der Waals surface area contributed by atoms with Gasteiger partial charge in [0.25, 0.3) is 0 Å². The molecule has 142 valence electrons. The normalized spacial score (nSPS) is 15.2. The predicted molar refractivity (Wildman–Crippen MR) is 111 cm³/mol. The van der Waals surface area contributed by atoms with E-state index in [-0.39, 0.29) is 18.4 Å². The van der Waals surface area contributed by atoms with Crippen molar-refractivity contribution in [1.29, 1.82) is 0 Å². The van der Waals surface area contributed by atoms with Crippen molar-refractivity contribution in [3.05, 3.63) is 65.2 Å². The van der Waals surface area contributed by atoms with Crippen LogP contribution in [-0.2, 0) is 17.8 Å². The maximum absolute atomic E-state index is 12.5. The summed E-state index contributed by atoms with van der Waals surface area (Å²) >= 11 is 0. The molecule has 5 heteroatoms. The molecule has 0 radical (unpaired) electrons. The Hall–Kier alpha value is -2.82. The molecule has 0 bridgehead atoms. The molecule has 3 N–H and O–H groups in total. The zero-order valence-corrected chi connectivity index (χ0v) is 16.1. The van der Waals surface area contributed by atoms with E-state index < -0.39 is 0 Å². The van der Waals surface area contributed by atoms with Gasteiger partial charge in [-0.3, -0.25) is 4.79 Å². The minimum absolute atomic E-state index is 0.00127. The molecule has 2 aromatic carbocycles. The fourth-order valence-electron chi connectivity index (χ4n) is 3.28. The third-order valence-electron chi connectivity index (χ3n) is 5.23. The third kappa shape index (κ3) is 4.88. The van der Waals surface area contributed by atoms with Gasteiger partial charge in [0, 0.05) is 18.8 Å². The summed E-state index contributed by atoms with van der Waals surface area (Å²) in [6.45, 7) is 5.83. The second-order valence-electron chi connectivity index (χ2n) is 7.09. The summed E-state index contributed by atoms with van der Waals surface area (Å²) in [7, 11) is 0. The first kappa shape index (κ1) is 19.0. The van der Waals surface area contributed by atoms with E-state index in [0.29, 0.717) is 12.5 Å². The summed E-state index contributed by atoms with van der Waals surface area (Å²) in [4.78, 5) is 18.5. The largest absolute Gasteiger partial charge is 0.370 e. The second-order valence-corrected chi connectivity index (χ2v) is 7.09. The van der Waals surface area contributed by atoms with E-state index in [1.165, 1.54) is 16.7 Å². The number of anilines is 1. The lowest BCUT2D eigenvalue weighted by Gasteiger charge is -2.28. The first-order valence-corrected chi connectivity index (χ1v) is 9.58. The average molecular weight is 364 g/mol. The maximum Gasteiger partial charge on any atom is 0.244 e. The number of nitrogens with two attached hydrogens (primary N) is 1. The van der Waals surface area contributed by atoms with Crippen molar-refractivity contribution in [3.63, 3.8) is 0 Å². The van der Waals surface area contributed by atoms with Gasteiger partial charge in [0.1, 0.15) is 6.54 Å². The van der Waals surface area contributed by atoms with Crippen LogP contribution >= 0.6 is 0 Å². The number of nitrogens with zero attached hydrogens (tertiary/aromatic N) is 2. The van der Waals surface area contributed by atoms with Crippen LogP contribution in [-0.4, -0.2) is 29.9 Å². The van der Waals surface area contributed by atoms with E-state index in [9.17, 15) is 4.79 Å². The lowest BCUT2D eigenvalue weighted by molar-refractivity contribution is -0.130. The molecule has 27 heavy (non-hydrogen) atoms. The number of carbonyl (C=O) groups is 1. The van der Waals surface area contributed by atoms with E-state index >= 15 is 0 Å². The Balaban J connectivity index is 1.54. The zero-order valence-electron chi connectivity index (χ0n) is 16.1. The average Bonchev–Trinajstić information content (AvgIpc) is 2.71. The lowest BCUT2D eigenvalue weighted by Crippen LogP contribution is -2.38. The molecule has 0 aromatic heterocycles. The molecule has 3 rings (SSSR count). The Bertz CT molecular complexity index is 813. The van der Waals surface area contributed by atoms with E-state index in [0.717, 1.165) is 25.1 Å². The van der Waals surface area contributed by atoms with Crippen molar-refractivity contribution >= 4 is 17.6 Å². The highest BCUT2D eigenvalue weighted by Gasteiger charge is 2.19. The highest BCUT2D eigenvalue weighted by atomic mass is 16.2. The van der Waals surface area contributed by atoms with Gasteiger partial charge < -0.3 is 16.0 Å². The molecular weight excluding hydrogens is 336 g/mol. The molecule has 2 aromatic rings. The molecule has 1 atom stereocenters. The number of amides is 1. The molecule has 1 heterocycles. The number of guanidine groups is 1. The fourth-order valence-corrected chi connectivity index (χ4v) is 3.28. The van der Waals surface area contributed by atoms with Crippen LogP contribution in [0.3, 0.4) is 0 Å². The standard InChI is InChI=1S/C22H28N4O/c1-3-16(2)17-8-10-20(11-9-17)25-22(23)24-14-21(27)26-13-12-18-6-4-5-7-19(18)15-26/h4-11,16H,3,12-15H2,1-2H3,(H3,23,24,25). The van der Waals surface area contributed by atoms with E-state index in [1.807, 2.05) is 29.2 Å². The molecule has 0 spiro atoms.